The molecule has 3 aromatic carbocycles. The highest BCUT2D eigenvalue weighted by Crippen LogP contribution is 2.22. The zero-order valence-corrected chi connectivity index (χ0v) is 17.3. The van der Waals surface area contributed by atoms with Gasteiger partial charge in [0.1, 0.15) is 5.75 Å². The zero-order valence-electron chi connectivity index (χ0n) is 16.5. The topological polar surface area (TPSA) is 90.8 Å². The summed E-state index contributed by atoms with van der Waals surface area (Å²) in [5.41, 5.74) is 4.42. The molecule has 0 fully saturated rings. The van der Waals surface area contributed by atoms with Crippen molar-refractivity contribution in [2.75, 3.05) is 5.32 Å². The molecule has 0 unspecified atom stereocenters. The molecule has 0 heterocycles. The van der Waals surface area contributed by atoms with Gasteiger partial charge in [0, 0.05) is 5.56 Å². The van der Waals surface area contributed by atoms with E-state index in [1.54, 1.807) is 72.8 Å². The Morgan fingerprint density at radius 1 is 0.968 bits per heavy atom. The largest absolute Gasteiger partial charge is 0.507 e. The molecule has 3 rings (SSSR count). The summed E-state index contributed by atoms with van der Waals surface area (Å²) in [6.07, 6.45) is 3.55. The number of phenolic OH excluding ortho intramolecular Hbond substituents is 1. The van der Waals surface area contributed by atoms with Crippen molar-refractivity contribution < 1.29 is 14.7 Å². The van der Waals surface area contributed by atoms with E-state index in [9.17, 15) is 14.7 Å². The van der Waals surface area contributed by atoms with Gasteiger partial charge in [-0.2, -0.15) is 5.10 Å². The molecule has 3 N–H and O–H groups in total. The standard InChI is InChI=1S/C24H20ClN3O3/c1-2-8-16-9-7-10-17(22(16)29)15-26-28-24(31)19-12-4-6-14-21(19)27-23(30)18-11-3-5-13-20(18)25/h2-7,9-15,29H,1,8H2,(H,27,30)(H,28,31). The van der Waals surface area contributed by atoms with Gasteiger partial charge >= 0.3 is 0 Å². The first kappa shape index (κ1) is 21.8. The van der Waals surface area contributed by atoms with E-state index in [4.69, 9.17) is 11.6 Å². The van der Waals surface area contributed by atoms with E-state index in [1.807, 2.05) is 0 Å². The number of phenols is 1. The van der Waals surface area contributed by atoms with Crippen LogP contribution < -0.4 is 10.7 Å². The van der Waals surface area contributed by atoms with Crippen molar-refractivity contribution in [2.45, 2.75) is 6.42 Å². The Bertz CT molecular complexity index is 1160. The van der Waals surface area contributed by atoms with Crippen molar-refractivity contribution in [3.63, 3.8) is 0 Å². The number of nitrogens with one attached hydrogen (secondary N) is 2. The van der Waals surface area contributed by atoms with E-state index in [2.05, 4.69) is 22.4 Å². The molecule has 31 heavy (non-hydrogen) atoms. The summed E-state index contributed by atoms with van der Waals surface area (Å²) in [5.74, 6) is -0.876. The van der Waals surface area contributed by atoms with Gasteiger partial charge in [0.25, 0.3) is 11.8 Å². The Labute approximate surface area is 184 Å². The summed E-state index contributed by atoms with van der Waals surface area (Å²) < 4.78 is 0. The van der Waals surface area contributed by atoms with Gasteiger partial charge in [-0.25, -0.2) is 5.43 Å². The molecule has 7 heteroatoms. The van der Waals surface area contributed by atoms with Crippen LogP contribution in [0.15, 0.2) is 84.5 Å². The fourth-order valence-electron chi connectivity index (χ4n) is 2.88. The van der Waals surface area contributed by atoms with Crippen LogP contribution in [-0.2, 0) is 6.42 Å². The minimum atomic E-state index is -0.520. The third-order valence-electron chi connectivity index (χ3n) is 4.42. The maximum Gasteiger partial charge on any atom is 0.273 e. The molecule has 6 nitrogen and oxygen atoms in total. The van der Waals surface area contributed by atoms with Crippen molar-refractivity contribution >= 4 is 35.3 Å². The average Bonchev–Trinajstić information content (AvgIpc) is 2.77. The van der Waals surface area contributed by atoms with Gasteiger partial charge in [-0.05, 0) is 42.3 Å². The van der Waals surface area contributed by atoms with Crippen LogP contribution in [0.2, 0.25) is 5.02 Å². The SMILES string of the molecule is C=CCc1cccc(C=NNC(=O)c2ccccc2NC(=O)c2ccccc2Cl)c1O. The number of amides is 2. The van der Waals surface area contributed by atoms with Gasteiger partial charge in [0.05, 0.1) is 28.1 Å². The lowest BCUT2D eigenvalue weighted by molar-refractivity contribution is 0.0956. The molecular formula is C24H20ClN3O3. The number of allylic oxidation sites excluding steroid dienone is 1. The Hall–Kier alpha value is -3.90. The summed E-state index contributed by atoms with van der Waals surface area (Å²) in [6, 6.07) is 18.4. The van der Waals surface area contributed by atoms with Gasteiger partial charge in [0.2, 0.25) is 0 Å². The van der Waals surface area contributed by atoms with Gasteiger partial charge in [0.15, 0.2) is 0 Å². The summed E-state index contributed by atoms with van der Waals surface area (Å²) >= 11 is 6.07. The summed E-state index contributed by atoms with van der Waals surface area (Å²) in [4.78, 5) is 25.2. The van der Waals surface area contributed by atoms with Crippen molar-refractivity contribution in [2.24, 2.45) is 5.10 Å². The van der Waals surface area contributed by atoms with Gasteiger partial charge in [-0.15, -0.1) is 6.58 Å². The number of nitrogens with zero attached hydrogens (tertiary/aromatic N) is 1. The van der Waals surface area contributed by atoms with Crippen molar-refractivity contribution in [3.05, 3.63) is 107 Å². The molecule has 0 saturated carbocycles. The molecule has 0 aliphatic heterocycles. The number of benzene rings is 3. The van der Waals surface area contributed by atoms with E-state index in [0.29, 0.717) is 33.8 Å². The Balaban J connectivity index is 1.74. The number of anilines is 1. The normalized spacial score (nSPS) is 10.6. The lowest BCUT2D eigenvalue weighted by Gasteiger charge is -2.11. The van der Waals surface area contributed by atoms with Crippen molar-refractivity contribution in [1.82, 2.24) is 5.43 Å². The number of carbonyl (C=O) groups is 2. The van der Waals surface area contributed by atoms with E-state index < -0.39 is 11.8 Å². The van der Waals surface area contributed by atoms with Crippen LogP contribution in [0.1, 0.15) is 31.8 Å². The number of rotatable bonds is 7. The highest BCUT2D eigenvalue weighted by molar-refractivity contribution is 6.34. The van der Waals surface area contributed by atoms with E-state index in [-0.39, 0.29) is 11.3 Å². The summed E-state index contributed by atoms with van der Waals surface area (Å²) in [6.45, 7) is 3.66. The Morgan fingerprint density at radius 3 is 2.42 bits per heavy atom. The third-order valence-corrected chi connectivity index (χ3v) is 4.75. The number of halogens is 1. The fourth-order valence-corrected chi connectivity index (χ4v) is 3.10. The molecule has 0 spiro atoms. The van der Waals surface area contributed by atoms with Crippen LogP contribution in [-0.4, -0.2) is 23.1 Å². The predicted molar refractivity (Wildman–Crippen MR) is 123 cm³/mol. The molecule has 3 aromatic rings. The van der Waals surface area contributed by atoms with Gasteiger partial charge in [-0.1, -0.05) is 54.1 Å². The van der Waals surface area contributed by atoms with E-state index >= 15 is 0 Å². The molecule has 0 saturated heterocycles. The number of para-hydroxylation sites is 2. The highest BCUT2D eigenvalue weighted by Gasteiger charge is 2.15. The molecule has 0 aliphatic rings. The molecule has 0 atom stereocenters. The summed E-state index contributed by atoms with van der Waals surface area (Å²) in [7, 11) is 0. The second-order valence-corrected chi connectivity index (χ2v) is 6.93. The second-order valence-electron chi connectivity index (χ2n) is 6.53. The van der Waals surface area contributed by atoms with Crippen LogP contribution in [0, 0.1) is 0 Å². The Kier molecular flexibility index (Phi) is 7.19. The van der Waals surface area contributed by atoms with E-state index in [1.165, 1.54) is 6.21 Å². The Morgan fingerprint density at radius 2 is 1.68 bits per heavy atom. The van der Waals surface area contributed by atoms with Crippen LogP contribution in [0.4, 0.5) is 5.69 Å². The van der Waals surface area contributed by atoms with Crippen molar-refractivity contribution in [1.29, 1.82) is 0 Å². The molecule has 0 radical (unpaired) electrons. The smallest absolute Gasteiger partial charge is 0.273 e. The minimum absolute atomic E-state index is 0.0767. The first-order valence-corrected chi connectivity index (χ1v) is 9.79. The summed E-state index contributed by atoms with van der Waals surface area (Å²) in [5, 5.41) is 17.2. The quantitative estimate of drug-likeness (QED) is 0.284. The first-order chi connectivity index (χ1) is 15.0. The van der Waals surface area contributed by atoms with Crippen LogP contribution in [0.25, 0.3) is 0 Å². The lowest BCUT2D eigenvalue weighted by Crippen LogP contribution is -2.21. The average molecular weight is 434 g/mol. The number of aromatic hydroxyl groups is 1. The van der Waals surface area contributed by atoms with Crippen LogP contribution in [0.3, 0.4) is 0 Å². The van der Waals surface area contributed by atoms with Crippen LogP contribution in [0.5, 0.6) is 5.75 Å². The molecule has 0 aliphatic carbocycles. The fraction of sp³-hybridized carbons (Fsp3) is 0.0417. The lowest BCUT2D eigenvalue weighted by atomic mass is 10.1. The monoisotopic (exact) mass is 433 g/mol. The molecule has 2 amide bonds. The number of carbonyl (C=O) groups excluding carboxylic acids is 2. The molecular weight excluding hydrogens is 414 g/mol. The molecule has 156 valence electrons. The van der Waals surface area contributed by atoms with Crippen molar-refractivity contribution in [3.8, 4) is 5.75 Å². The maximum atomic E-state index is 12.6. The third kappa shape index (κ3) is 5.38. The van der Waals surface area contributed by atoms with Gasteiger partial charge in [-0.3, -0.25) is 9.59 Å². The zero-order chi connectivity index (χ0) is 22.2. The molecule has 0 aromatic heterocycles. The second kappa shape index (κ2) is 10.2. The predicted octanol–water partition coefficient (Wildman–Crippen LogP) is 4.79. The molecule has 0 bridgehead atoms. The highest BCUT2D eigenvalue weighted by atomic mass is 35.5. The maximum absolute atomic E-state index is 12.6. The number of hydrogen-bond donors (Lipinski definition) is 3. The minimum Gasteiger partial charge on any atom is -0.507 e. The number of hydrazone groups is 1. The van der Waals surface area contributed by atoms with Gasteiger partial charge < -0.3 is 10.4 Å². The first-order valence-electron chi connectivity index (χ1n) is 9.41. The number of hydrogen-bond acceptors (Lipinski definition) is 4. The van der Waals surface area contributed by atoms with Crippen LogP contribution >= 0.6 is 11.6 Å². The van der Waals surface area contributed by atoms with E-state index in [0.717, 1.165) is 0 Å².